The summed E-state index contributed by atoms with van der Waals surface area (Å²) in [4.78, 5) is 49.3. The van der Waals surface area contributed by atoms with E-state index in [-0.39, 0.29) is 34.3 Å². The van der Waals surface area contributed by atoms with Gasteiger partial charge in [0.25, 0.3) is 0 Å². The quantitative estimate of drug-likeness (QED) is 0.0240. The van der Waals surface area contributed by atoms with Crippen LogP contribution in [0.1, 0.15) is 60.2 Å². The van der Waals surface area contributed by atoms with Crippen LogP contribution < -0.4 is 36.2 Å². The Kier molecular flexibility index (Phi) is 19.5. The Labute approximate surface area is 488 Å². The second-order valence-corrected chi connectivity index (χ2v) is 22.5. The molecule has 470 valence electrons. The van der Waals surface area contributed by atoms with Gasteiger partial charge in [0.2, 0.25) is 11.9 Å². The molecule has 1 aromatic carbocycles. The average molecular weight is 1240 g/mol. The van der Waals surface area contributed by atoms with Crippen molar-refractivity contribution in [3.05, 3.63) is 55.4 Å². The largest absolute Gasteiger partial charge is 0.462 e. The number of carbonyl (C=O) groups excluding carboxylic acids is 1. The third-order valence-corrected chi connectivity index (χ3v) is 15.8. The Hall–Kier alpha value is -7.31. The third kappa shape index (κ3) is 12.7. The summed E-state index contributed by atoms with van der Waals surface area (Å²) in [6.07, 6.45) is -11.4. The molecule has 0 aliphatic carbocycles. The highest BCUT2D eigenvalue weighted by Gasteiger charge is 2.56. The highest BCUT2D eigenvalue weighted by molar-refractivity contribution is 7.52. The fraction of sp³-hybridized carbons (Fsp3) is 0.560. The summed E-state index contributed by atoms with van der Waals surface area (Å²) in [6, 6.07) is 7.08. The van der Waals surface area contributed by atoms with Gasteiger partial charge >= 0.3 is 19.8 Å². The first-order valence-electron chi connectivity index (χ1n) is 26.7. The van der Waals surface area contributed by atoms with Gasteiger partial charge < -0.3 is 75.6 Å². The number of nitrogens with zero attached hydrogens (tertiary/aromatic N) is 12. The summed E-state index contributed by atoms with van der Waals surface area (Å²) in [5.41, 5.74) is -2.82. The predicted molar refractivity (Wildman–Crippen MR) is 301 cm³/mol. The van der Waals surface area contributed by atoms with E-state index in [1.807, 2.05) is 0 Å². The summed E-state index contributed by atoms with van der Waals surface area (Å²) >= 11 is 0. The number of aliphatic hydroxyl groups excluding tert-OH is 5. The second-order valence-electron chi connectivity index (χ2n) is 20.8. The van der Waals surface area contributed by atoms with Crippen LogP contribution in [0.5, 0.6) is 5.75 Å². The first kappa shape index (κ1) is 64.7. The van der Waals surface area contributed by atoms with Crippen LogP contribution in [0.15, 0.2) is 49.3 Å². The van der Waals surface area contributed by atoms with Crippen LogP contribution in [0, 0.1) is 6.08 Å². The Morgan fingerprint density at radius 1 is 0.628 bits per heavy atom. The van der Waals surface area contributed by atoms with Gasteiger partial charge in [0.05, 0.1) is 44.9 Å². The molecule has 11 N–H and O–H groups in total. The lowest BCUT2D eigenvalue weighted by Crippen LogP contribution is -2.44. The van der Waals surface area contributed by atoms with Crippen LogP contribution in [0.4, 0.5) is 46.9 Å². The predicted octanol–water partition coefficient (Wildman–Crippen LogP) is 2.90. The van der Waals surface area contributed by atoms with Crippen LogP contribution in [-0.2, 0) is 32.8 Å². The number of nitrogens with one attached hydrogen (secondary N) is 6. The molecule has 9 heterocycles. The lowest BCUT2D eigenvalue weighted by molar-refractivity contribution is -0.149. The molecule has 0 radical (unpaired) electrons. The van der Waals surface area contributed by atoms with Gasteiger partial charge in [-0.2, -0.15) is 39.4 Å². The van der Waals surface area contributed by atoms with Crippen LogP contribution in [0.25, 0.3) is 33.5 Å². The normalized spacial score (nSPS) is 28.1. The number of alkyl halides is 3. The summed E-state index contributed by atoms with van der Waals surface area (Å²) in [7, 11) is 3.90. The van der Waals surface area contributed by atoms with Gasteiger partial charge in [-0.3, -0.25) is 23.0 Å². The van der Waals surface area contributed by atoms with Crippen molar-refractivity contribution >= 4 is 76.6 Å². The summed E-state index contributed by atoms with van der Waals surface area (Å²) in [6.45, 7) is 7.42. The topological polar surface area (TPSA) is 394 Å². The minimum atomic E-state index is -4.30. The zero-order valence-electron chi connectivity index (χ0n) is 48.4. The maximum Gasteiger partial charge on any atom is 0.459 e. The van der Waals surface area contributed by atoms with E-state index in [4.69, 9.17) is 28.0 Å². The number of rotatable bonds is 19. The molecule has 0 unspecified atom stereocenters. The zero-order valence-corrected chi connectivity index (χ0v) is 49.3. The van der Waals surface area contributed by atoms with E-state index in [2.05, 4.69) is 76.5 Å². The minimum Gasteiger partial charge on any atom is -0.462 e. The maximum atomic E-state index is 15.6. The number of para-hydroxylation sites is 1. The third-order valence-electron chi connectivity index (χ3n) is 14.2. The number of esters is 1. The SMILES string of the molecule is CNc1nc(F)nc2c1ncn2[C@@H]1O[C@](C)(CO)[C@@H](O)[C@H]1F.CNc1nc(NC)c2ncn([C@@H]3O[C@](C)(CO)[C@@H](O)[C@H]3F)c2n1.CNc1nc(NC)c2ncn([C@@H]3O[C@](C)(CO[P@@](=O)(N[C@@H](C)C(=O)OC(C)C)Oc4ccccc4)[C@@H](O)[C@H]3F)c2n1. The van der Waals surface area contributed by atoms with E-state index in [9.17, 15) is 48.1 Å². The molecular formula is C50H69F4N18O13P. The van der Waals surface area contributed by atoms with Crippen molar-refractivity contribution in [3.63, 3.8) is 0 Å². The zero-order chi connectivity index (χ0) is 62.8. The van der Waals surface area contributed by atoms with Crippen molar-refractivity contribution in [1.29, 1.82) is 0 Å². The number of halogens is 4. The van der Waals surface area contributed by atoms with Crippen molar-refractivity contribution in [2.24, 2.45) is 0 Å². The van der Waals surface area contributed by atoms with Gasteiger partial charge in [0, 0.05) is 35.2 Å². The van der Waals surface area contributed by atoms with E-state index < -0.39 is 124 Å². The van der Waals surface area contributed by atoms with Gasteiger partial charge in [-0.05, 0) is 53.7 Å². The fourth-order valence-corrected chi connectivity index (χ4v) is 10.9. The fourth-order valence-electron chi connectivity index (χ4n) is 9.30. The smallest absolute Gasteiger partial charge is 0.459 e. The number of benzene rings is 1. The number of imidazole rings is 3. The van der Waals surface area contributed by atoms with E-state index in [1.165, 1.54) is 67.4 Å². The molecule has 14 atom stereocenters. The van der Waals surface area contributed by atoms with Gasteiger partial charge in [-0.15, -0.1) is 0 Å². The van der Waals surface area contributed by atoms with Crippen molar-refractivity contribution < 1.29 is 80.4 Å². The number of fused-ring (bicyclic) bond motifs is 3. The molecule has 86 heavy (non-hydrogen) atoms. The Bertz CT molecular complexity index is 3540. The number of ether oxygens (including phenoxy) is 4. The van der Waals surface area contributed by atoms with Gasteiger partial charge in [-0.25, -0.2) is 32.7 Å². The van der Waals surface area contributed by atoms with Crippen LogP contribution >= 0.6 is 7.75 Å². The lowest BCUT2D eigenvalue weighted by Gasteiger charge is -2.30. The summed E-state index contributed by atoms with van der Waals surface area (Å²) in [5.74, 6) is 1.16. The highest BCUT2D eigenvalue weighted by atomic mass is 31.2. The molecule has 0 amide bonds. The highest BCUT2D eigenvalue weighted by Crippen LogP contribution is 2.49. The van der Waals surface area contributed by atoms with Crippen LogP contribution in [-0.4, -0.2) is 211 Å². The molecule has 7 aromatic rings. The molecule has 31 nitrogen and oxygen atoms in total. The standard InChI is InChI=1S/C25H35FN7O7P.C13H19FN6O3.C12H15F2N5O3/c1-14(2)38-23(35)15(3)32-41(36,40-16-10-8-7-9-11-16)37-12-25(4)19(34)17(26)22(39-25)33-13-29-18-20(27-5)30-24(28-6)31-21(18)33;1-13(4-21)8(22)6(14)11(23-13)20-5-17-7-9(15-2)18-12(16-3)19-10(7)20;1-12(3-20)7(21)5(13)10(22-12)19-4-16-6-8(15-2)17-11(14)18-9(6)19/h7-11,13-15,17,19,22,34H,12H2,1-6H3,(H,32,36)(H2,27,28,30,31);5-6,8,11,21-22H,4H2,1-3H3,(H2,15,16,18,19);4-5,7,10,20-21H,3H2,1-2H3,(H,15,17,18)/t15-,17+,19-,22+,25+,41-;6-,8+,11-,13-;5-,7+,10-,12-/m011/s1. The maximum absolute atomic E-state index is 15.6. The molecule has 0 spiro atoms. The second kappa shape index (κ2) is 26.0. The molecule has 36 heteroatoms. The molecular weight excluding hydrogens is 1170 g/mol. The molecule has 3 aliphatic heterocycles. The molecule has 10 rings (SSSR count). The molecule has 3 fully saturated rings. The number of aliphatic hydroxyl groups is 5. The summed E-state index contributed by atoms with van der Waals surface area (Å²) in [5, 5.41) is 66.2. The first-order chi connectivity index (χ1) is 40.7. The monoisotopic (exact) mass is 1240 g/mol. The van der Waals surface area contributed by atoms with Gasteiger partial charge in [-0.1, -0.05) is 18.2 Å². The van der Waals surface area contributed by atoms with E-state index in [1.54, 1.807) is 72.4 Å². The molecule has 3 aliphatic rings. The van der Waals surface area contributed by atoms with Gasteiger partial charge in [0.1, 0.15) is 46.9 Å². The van der Waals surface area contributed by atoms with Crippen LogP contribution in [0.3, 0.4) is 0 Å². The molecule has 3 saturated heterocycles. The summed E-state index contributed by atoms with van der Waals surface area (Å²) < 4.78 is 109. The molecule has 6 aromatic heterocycles. The molecule has 0 bridgehead atoms. The number of aromatic nitrogens is 12. The van der Waals surface area contributed by atoms with Crippen LogP contribution in [0.2, 0.25) is 0 Å². The first-order valence-corrected chi connectivity index (χ1v) is 28.3. The Balaban J connectivity index is 0.000000181. The average Bonchev–Trinajstić information content (AvgIpc) is 1.69. The Morgan fingerprint density at radius 2 is 1.02 bits per heavy atom. The number of carbonyl (C=O) groups is 1. The number of hydrogen-bond donors (Lipinski definition) is 11. The van der Waals surface area contributed by atoms with Gasteiger partial charge in [0.15, 0.2) is 88.1 Å². The number of anilines is 5. The minimum absolute atomic E-state index is 0.0267. The van der Waals surface area contributed by atoms with Crippen molar-refractivity contribution in [1.82, 2.24) is 63.6 Å². The number of hydrogen-bond acceptors (Lipinski definition) is 27. The van der Waals surface area contributed by atoms with Crippen molar-refractivity contribution in [2.75, 3.05) is 81.6 Å². The van der Waals surface area contributed by atoms with Crippen molar-refractivity contribution in [3.8, 4) is 5.75 Å². The van der Waals surface area contributed by atoms with Crippen molar-refractivity contribution in [2.45, 2.75) is 126 Å². The van der Waals surface area contributed by atoms with E-state index in [0.717, 1.165) is 0 Å². The molecule has 0 saturated carbocycles. The lowest BCUT2D eigenvalue weighted by atomic mass is 9.99. The Morgan fingerprint density at radius 3 is 1.41 bits per heavy atom. The van der Waals surface area contributed by atoms with E-state index in [0.29, 0.717) is 34.3 Å². The van der Waals surface area contributed by atoms with E-state index >= 15 is 4.39 Å².